The highest BCUT2D eigenvalue weighted by Gasteiger charge is 2.25. The molecule has 0 spiro atoms. The van der Waals surface area contributed by atoms with Crippen LogP contribution < -0.4 is 5.32 Å². The predicted molar refractivity (Wildman–Crippen MR) is 73.5 cm³/mol. The van der Waals surface area contributed by atoms with Gasteiger partial charge in [0.2, 0.25) is 0 Å². The van der Waals surface area contributed by atoms with Crippen molar-refractivity contribution in [1.82, 2.24) is 10.2 Å². The van der Waals surface area contributed by atoms with Crippen LogP contribution in [0.15, 0.2) is 24.3 Å². The first kappa shape index (κ1) is 15.3. The van der Waals surface area contributed by atoms with Crippen LogP contribution in [0.4, 0.5) is 13.2 Å². The first-order valence-corrected chi connectivity index (χ1v) is 6.97. The zero-order valence-electron chi connectivity index (χ0n) is 11.7. The second kappa shape index (κ2) is 7.09. The number of hydrogen-bond acceptors (Lipinski definition) is 2. The van der Waals surface area contributed by atoms with E-state index in [4.69, 9.17) is 0 Å². The van der Waals surface area contributed by atoms with E-state index in [1.807, 2.05) is 13.1 Å². The summed E-state index contributed by atoms with van der Waals surface area (Å²) in [6, 6.07) is 6.70. The number of nitrogens with zero attached hydrogens (tertiary/aromatic N) is 1. The molecule has 1 aromatic rings. The van der Waals surface area contributed by atoms with E-state index in [9.17, 15) is 13.2 Å². The van der Waals surface area contributed by atoms with Crippen LogP contribution in [-0.4, -0.2) is 44.0 Å². The average molecular weight is 286 g/mol. The standard InChI is InChI=1S/C15H21F3N2/c1-20-9-12(5-11-3-2-4-13(16)6-11)7-14(10-20)19-8-15(17)18/h2-4,6,12,14-15,19H,5,7-10H2,1H3. The zero-order valence-corrected chi connectivity index (χ0v) is 11.7. The summed E-state index contributed by atoms with van der Waals surface area (Å²) in [7, 11) is 1.99. The van der Waals surface area contributed by atoms with Crippen molar-refractivity contribution >= 4 is 0 Å². The molecule has 2 rings (SSSR count). The Bertz CT molecular complexity index is 425. The number of likely N-dealkylation sites (tertiary alicyclic amines) is 1. The maximum atomic E-state index is 13.2. The molecule has 0 amide bonds. The third-order valence-corrected chi connectivity index (χ3v) is 3.69. The second-order valence-corrected chi connectivity index (χ2v) is 5.65. The quantitative estimate of drug-likeness (QED) is 0.895. The lowest BCUT2D eigenvalue weighted by Gasteiger charge is -2.36. The fourth-order valence-electron chi connectivity index (χ4n) is 2.99. The Morgan fingerprint density at radius 3 is 2.85 bits per heavy atom. The minimum Gasteiger partial charge on any atom is -0.307 e. The van der Waals surface area contributed by atoms with Crippen molar-refractivity contribution in [2.75, 3.05) is 26.7 Å². The van der Waals surface area contributed by atoms with Gasteiger partial charge < -0.3 is 10.2 Å². The van der Waals surface area contributed by atoms with Crippen molar-refractivity contribution in [3.05, 3.63) is 35.6 Å². The lowest BCUT2D eigenvalue weighted by Crippen LogP contribution is -2.49. The summed E-state index contributed by atoms with van der Waals surface area (Å²) >= 11 is 0. The van der Waals surface area contributed by atoms with Gasteiger partial charge in [0.25, 0.3) is 6.43 Å². The molecule has 1 aliphatic rings. The van der Waals surface area contributed by atoms with E-state index in [1.54, 1.807) is 12.1 Å². The third-order valence-electron chi connectivity index (χ3n) is 3.69. The minimum atomic E-state index is -2.32. The van der Waals surface area contributed by atoms with Crippen LogP contribution in [0.3, 0.4) is 0 Å². The largest absolute Gasteiger partial charge is 0.307 e. The zero-order chi connectivity index (χ0) is 14.5. The van der Waals surface area contributed by atoms with Crippen molar-refractivity contribution in [3.8, 4) is 0 Å². The van der Waals surface area contributed by atoms with Gasteiger partial charge in [0.05, 0.1) is 6.54 Å². The van der Waals surface area contributed by atoms with Gasteiger partial charge in [-0.05, 0) is 43.5 Å². The topological polar surface area (TPSA) is 15.3 Å². The summed E-state index contributed by atoms with van der Waals surface area (Å²) < 4.78 is 37.7. The summed E-state index contributed by atoms with van der Waals surface area (Å²) in [5, 5.41) is 2.91. The highest BCUT2D eigenvalue weighted by Crippen LogP contribution is 2.21. The number of halogens is 3. The highest BCUT2D eigenvalue weighted by atomic mass is 19.3. The average Bonchev–Trinajstić information content (AvgIpc) is 2.35. The molecule has 0 bridgehead atoms. The number of hydrogen-bond donors (Lipinski definition) is 1. The van der Waals surface area contributed by atoms with Crippen LogP contribution in [0.25, 0.3) is 0 Å². The molecule has 1 heterocycles. The fraction of sp³-hybridized carbons (Fsp3) is 0.600. The molecular weight excluding hydrogens is 265 g/mol. The van der Waals surface area contributed by atoms with Gasteiger partial charge in [-0.2, -0.15) is 0 Å². The first-order chi connectivity index (χ1) is 9.52. The molecule has 0 radical (unpaired) electrons. The molecule has 112 valence electrons. The molecular formula is C15H21F3N2. The fourth-order valence-corrected chi connectivity index (χ4v) is 2.99. The number of piperidine rings is 1. The third kappa shape index (κ3) is 4.80. The Morgan fingerprint density at radius 1 is 1.35 bits per heavy atom. The first-order valence-electron chi connectivity index (χ1n) is 6.97. The van der Waals surface area contributed by atoms with E-state index in [0.29, 0.717) is 5.92 Å². The monoisotopic (exact) mass is 286 g/mol. The molecule has 2 nitrogen and oxygen atoms in total. The predicted octanol–water partition coefficient (Wildman–Crippen LogP) is 2.54. The lowest BCUT2D eigenvalue weighted by atomic mass is 9.89. The van der Waals surface area contributed by atoms with Gasteiger partial charge >= 0.3 is 0 Å². The van der Waals surface area contributed by atoms with Crippen molar-refractivity contribution in [3.63, 3.8) is 0 Å². The summed E-state index contributed by atoms with van der Waals surface area (Å²) in [6.07, 6.45) is -0.674. The molecule has 0 aliphatic carbocycles. The number of alkyl halides is 2. The van der Waals surface area contributed by atoms with E-state index >= 15 is 0 Å². The maximum absolute atomic E-state index is 13.2. The van der Waals surface area contributed by atoms with E-state index in [-0.39, 0.29) is 18.4 Å². The molecule has 1 aromatic carbocycles. The van der Waals surface area contributed by atoms with Gasteiger partial charge in [0.15, 0.2) is 0 Å². The Balaban J connectivity index is 1.90. The number of likely N-dealkylation sites (N-methyl/N-ethyl adjacent to an activating group) is 1. The number of benzene rings is 1. The Hall–Kier alpha value is -1.07. The van der Waals surface area contributed by atoms with Gasteiger partial charge in [-0.15, -0.1) is 0 Å². The summed E-state index contributed by atoms with van der Waals surface area (Å²) in [6.45, 7) is 1.45. The normalized spacial score (nSPS) is 24.2. The van der Waals surface area contributed by atoms with Gasteiger partial charge in [0, 0.05) is 19.1 Å². The van der Waals surface area contributed by atoms with E-state index < -0.39 is 6.43 Å². The number of nitrogens with one attached hydrogen (secondary N) is 1. The number of rotatable bonds is 5. The van der Waals surface area contributed by atoms with Crippen LogP contribution in [0.2, 0.25) is 0 Å². The second-order valence-electron chi connectivity index (χ2n) is 5.65. The smallest absolute Gasteiger partial charge is 0.250 e. The molecule has 20 heavy (non-hydrogen) atoms. The van der Waals surface area contributed by atoms with E-state index in [2.05, 4.69) is 10.2 Å². The van der Waals surface area contributed by atoms with Crippen molar-refractivity contribution in [2.24, 2.45) is 5.92 Å². The van der Waals surface area contributed by atoms with Gasteiger partial charge in [-0.25, -0.2) is 13.2 Å². The molecule has 1 N–H and O–H groups in total. The van der Waals surface area contributed by atoms with Gasteiger partial charge in [-0.3, -0.25) is 0 Å². The van der Waals surface area contributed by atoms with Gasteiger partial charge in [-0.1, -0.05) is 12.1 Å². The molecule has 1 fully saturated rings. The van der Waals surface area contributed by atoms with Crippen molar-refractivity contribution in [2.45, 2.75) is 25.3 Å². The Labute approximate surface area is 118 Å². The maximum Gasteiger partial charge on any atom is 0.250 e. The molecule has 2 unspecified atom stereocenters. The Morgan fingerprint density at radius 2 is 2.15 bits per heavy atom. The molecule has 1 aliphatic heterocycles. The van der Waals surface area contributed by atoms with Crippen LogP contribution >= 0.6 is 0 Å². The minimum absolute atomic E-state index is 0.0845. The summed E-state index contributed by atoms with van der Waals surface area (Å²) in [5.74, 6) is 0.143. The highest BCUT2D eigenvalue weighted by molar-refractivity contribution is 5.17. The van der Waals surface area contributed by atoms with E-state index in [1.165, 1.54) is 6.07 Å². The molecule has 1 saturated heterocycles. The molecule has 0 aromatic heterocycles. The summed E-state index contributed by atoms with van der Waals surface area (Å²) in [5.41, 5.74) is 0.970. The molecule has 5 heteroatoms. The van der Waals surface area contributed by atoms with Crippen LogP contribution in [0, 0.1) is 11.7 Å². The van der Waals surface area contributed by atoms with Crippen molar-refractivity contribution in [1.29, 1.82) is 0 Å². The lowest BCUT2D eigenvalue weighted by molar-refractivity contribution is 0.119. The van der Waals surface area contributed by atoms with E-state index in [0.717, 1.165) is 31.5 Å². The van der Waals surface area contributed by atoms with Crippen LogP contribution in [0.5, 0.6) is 0 Å². The van der Waals surface area contributed by atoms with Gasteiger partial charge in [0.1, 0.15) is 5.82 Å². The Kier molecular flexibility index (Phi) is 5.43. The summed E-state index contributed by atoms with van der Waals surface area (Å²) in [4.78, 5) is 2.15. The molecule has 0 saturated carbocycles. The van der Waals surface area contributed by atoms with Crippen LogP contribution in [0.1, 0.15) is 12.0 Å². The molecule has 2 atom stereocenters. The van der Waals surface area contributed by atoms with Crippen molar-refractivity contribution < 1.29 is 13.2 Å². The van der Waals surface area contributed by atoms with Crippen LogP contribution in [-0.2, 0) is 6.42 Å². The SMILES string of the molecule is CN1CC(Cc2cccc(F)c2)CC(NCC(F)F)C1.